The number of ether oxygens (including phenoxy) is 1. The van der Waals surface area contributed by atoms with Gasteiger partial charge in [0.1, 0.15) is 6.04 Å². The molecule has 1 atom stereocenters. The Balaban J connectivity index is 1.76. The van der Waals surface area contributed by atoms with Crippen LogP contribution in [0.2, 0.25) is 0 Å². The summed E-state index contributed by atoms with van der Waals surface area (Å²) in [5.41, 5.74) is 0. The molecule has 0 spiro atoms. The van der Waals surface area contributed by atoms with Crippen LogP contribution in [0.3, 0.4) is 0 Å². The number of rotatable bonds is 6. The number of methoxy groups -OCH3 is 1. The third kappa shape index (κ3) is 2.59. The van der Waals surface area contributed by atoms with Crippen LogP contribution in [0.4, 0.5) is 0 Å². The van der Waals surface area contributed by atoms with Gasteiger partial charge in [-0.3, -0.25) is 9.69 Å². The second kappa shape index (κ2) is 5.02. The molecule has 0 amide bonds. The van der Waals surface area contributed by atoms with E-state index in [2.05, 4.69) is 22.4 Å². The summed E-state index contributed by atoms with van der Waals surface area (Å²) in [5.74, 6) is 0.485. The molecule has 1 unspecified atom stereocenters. The molecule has 98 valence electrons. The Labute approximate surface area is 112 Å². The van der Waals surface area contributed by atoms with Crippen LogP contribution in [-0.2, 0) is 16.1 Å². The highest BCUT2D eigenvalue weighted by molar-refractivity contribution is 7.09. The lowest BCUT2D eigenvalue weighted by atomic mass is 10.1. The van der Waals surface area contributed by atoms with Crippen molar-refractivity contribution in [3.63, 3.8) is 0 Å². The molecule has 2 aliphatic rings. The largest absolute Gasteiger partial charge is 0.468 e. The molecule has 0 bridgehead atoms. The molecule has 1 heterocycles. The van der Waals surface area contributed by atoms with Gasteiger partial charge in [-0.15, -0.1) is 11.3 Å². The zero-order valence-electron chi connectivity index (χ0n) is 10.7. The summed E-state index contributed by atoms with van der Waals surface area (Å²) in [6, 6.07) is 4.82. The molecule has 0 saturated heterocycles. The summed E-state index contributed by atoms with van der Waals surface area (Å²) in [7, 11) is 1.51. The predicted octanol–water partition coefficient (Wildman–Crippen LogP) is 2.66. The molecule has 1 aromatic rings. The fraction of sp³-hybridized carbons (Fsp3) is 0.643. The van der Waals surface area contributed by atoms with E-state index in [1.165, 1.54) is 37.7 Å². The topological polar surface area (TPSA) is 29.5 Å². The molecule has 0 aromatic carbocycles. The van der Waals surface area contributed by atoms with Gasteiger partial charge in [-0.25, -0.2) is 0 Å². The van der Waals surface area contributed by atoms with Crippen LogP contribution in [0, 0.1) is 5.92 Å². The monoisotopic (exact) mass is 265 g/mol. The maximum atomic E-state index is 12.0. The Morgan fingerprint density at radius 3 is 2.78 bits per heavy atom. The minimum atomic E-state index is -0.0408. The number of hydrogen-bond acceptors (Lipinski definition) is 4. The first-order chi connectivity index (χ1) is 8.79. The van der Waals surface area contributed by atoms with Gasteiger partial charge in [-0.1, -0.05) is 6.07 Å². The summed E-state index contributed by atoms with van der Waals surface area (Å²) in [5, 5.41) is 2.10. The average molecular weight is 265 g/mol. The van der Waals surface area contributed by atoms with Gasteiger partial charge < -0.3 is 4.74 Å². The lowest BCUT2D eigenvalue weighted by Crippen LogP contribution is -2.44. The molecular formula is C14H19NO2S. The predicted molar refractivity (Wildman–Crippen MR) is 71.4 cm³/mol. The van der Waals surface area contributed by atoms with Crippen LogP contribution < -0.4 is 0 Å². The van der Waals surface area contributed by atoms with E-state index in [0.29, 0.717) is 12.0 Å². The third-order valence-electron chi connectivity index (χ3n) is 3.80. The van der Waals surface area contributed by atoms with Crippen molar-refractivity contribution in [1.82, 2.24) is 4.90 Å². The SMILES string of the molecule is COC(=O)C(C1CC1)N(Cc1cccs1)C1CC1. The van der Waals surface area contributed by atoms with E-state index < -0.39 is 0 Å². The highest BCUT2D eigenvalue weighted by Gasteiger charge is 2.45. The molecule has 0 radical (unpaired) electrons. The summed E-state index contributed by atoms with van der Waals surface area (Å²) < 4.78 is 5.01. The molecular weight excluding hydrogens is 246 g/mol. The first-order valence-electron chi connectivity index (χ1n) is 6.65. The first kappa shape index (κ1) is 12.2. The van der Waals surface area contributed by atoms with E-state index >= 15 is 0 Å². The number of carbonyl (C=O) groups is 1. The molecule has 1 aromatic heterocycles. The highest BCUT2D eigenvalue weighted by atomic mass is 32.1. The van der Waals surface area contributed by atoms with E-state index in [1.807, 2.05) is 0 Å². The van der Waals surface area contributed by atoms with Crippen LogP contribution in [0.15, 0.2) is 17.5 Å². The maximum Gasteiger partial charge on any atom is 0.323 e. The van der Waals surface area contributed by atoms with E-state index in [-0.39, 0.29) is 12.0 Å². The van der Waals surface area contributed by atoms with Crippen molar-refractivity contribution in [2.45, 2.75) is 44.3 Å². The van der Waals surface area contributed by atoms with Crippen LogP contribution >= 0.6 is 11.3 Å². The zero-order valence-corrected chi connectivity index (χ0v) is 11.5. The zero-order chi connectivity index (χ0) is 12.5. The summed E-state index contributed by atoms with van der Waals surface area (Å²) in [4.78, 5) is 15.8. The second-order valence-electron chi connectivity index (χ2n) is 5.29. The molecule has 0 aliphatic heterocycles. The first-order valence-corrected chi connectivity index (χ1v) is 7.53. The molecule has 3 rings (SSSR count). The van der Waals surface area contributed by atoms with Crippen molar-refractivity contribution in [3.05, 3.63) is 22.4 Å². The summed E-state index contributed by atoms with van der Waals surface area (Å²) in [6.45, 7) is 0.901. The Kier molecular flexibility index (Phi) is 3.39. The third-order valence-corrected chi connectivity index (χ3v) is 4.66. The average Bonchev–Trinajstić information content (AvgIpc) is 3.29. The van der Waals surface area contributed by atoms with Crippen molar-refractivity contribution in [2.24, 2.45) is 5.92 Å². The van der Waals surface area contributed by atoms with Crippen molar-refractivity contribution in [2.75, 3.05) is 7.11 Å². The van der Waals surface area contributed by atoms with Gasteiger partial charge in [0.25, 0.3) is 0 Å². The smallest absolute Gasteiger partial charge is 0.323 e. The Morgan fingerprint density at radius 2 is 2.28 bits per heavy atom. The number of nitrogens with zero attached hydrogens (tertiary/aromatic N) is 1. The standard InChI is InChI=1S/C14H19NO2S/c1-17-14(16)13(10-4-5-10)15(11-6-7-11)9-12-3-2-8-18-12/h2-3,8,10-11,13H,4-7,9H2,1H3. The number of hydrogen-bond donors (Lipinski definition) is 0. The number of esters is 1. The Hall–Kier alpha value is -0.870. The fourth-order valence-corrected chi connectivity index (χ4v) is 3.29. The normalized spacial score (nSPS) is 21.0. The van der Waals surface area contributed by atoms with E-state index in [4.69, 9.17) is 4.74 Å². The summed E-state index contributed by atoms with van der Waals surface area (Å²) in [6.07, 6.45) is 4.80. The van der Waals surface area contributed by atoms with Gasteiger partial charge in [0.05, 0.1) is 7.11 Å². The van der Waals surface area contributed by atoms with E-state index in [0.717, 1.165) is 6.54 Å². The quantitative estimate of drug-likeness (QED) is 0.741. The Morgan fingerprint density at radius 1 is 1.50 bits per heavy atom. The van der Waals surface area contributed by atoms with Gasteiger partial charge in [0, 0.05) is 17.5 Å². The summed E-state index contributed by atoms with van der Waals surface area (Å²) >= 11 is 1.77. The minimum absolute atomic E-state index is 0.00963. The van der Waals surface area contributed by atoms with Gasteiger partial charge in [-0.2, -0.15) is 0 Å². The van der Waals surface area contributed by atoms with Crippen molar-refractivity contribution in [1.29, 1.82) is 0 Å². The molecule has 2 aliphatic carbocycles. The van der Waals surface area contributed by atoms with Crippen LogP contribution in [0.1, 0.15) is 30.6 Å². The molecule has 2 saturated carbocycles. The number of thiophene rings is 1. The molecule has 2 fully saturated rings. The second-order valence-corrected chi connectivity index (χ2v) is 6.32. The lowest BCUT2D eigenvalue weighted by molar-refractivity contribution is -0.148. The Bertz CT molecular complexity index is 409. The van der Waals surface area contributed by atoms with Crippen LogP contribution in [-0.4, -0.2) is 30.1 Å². The maximum absolute atomic E-state index is 12.0. The van der Waals surface area contributed by atoms with Gasteiger partial charge in [0.2, 0.25) is 0 Å². The van der Waals surface area contributed by atoms with E-state index in [1.54, 1.807) is 11.3 Å². The molecule has 18 heavy (non-hydrogen) atoms. The van der Waals surface area contributed by atoms with Crippen LogP contribution in [0.25, 0.3) is 0 Å². The van der Waals surface area contributed by atoms with Crippen molar-refractivity contribution < 1.29 is 9.53 Å². The molecule has 4 heteroatoms. The fourth-order valence-electron chi connectivity index (χ4n) is 2.57. The van der Waals surface area contributed by atoms with E-state index in [9.17, 15) is 4.79 Å². The highest BCUT2D eigenvalue weighted by Crippen LogP contribution is 2.41. The molecule has 3 nitrogen and oxygen atoms in total. The van der Waals surface area contributed by atoms with Crippen molar-refractivity contribution >= 4 is 17.3 Å². The molecule has 0 N–H and O–H groups in total. The van der Waals surface area contributed by atoms with Gasteiger partial charge in [0.15, 0.2) is 0 Å². The van der Waals surface area contributed by atoms with Gasteiger partial charge >= 0.3 is 5.97 Å². The van der Waals surface area contributed by atoms with Gasteiger partial charge in [-0.05, 0) is 43.0 Å². The number of carbonyl (C=O) groups excluding carboxylic acids is 1. The minimum Gasteiger partial charge on any atom is -0.468 e. The van der Waals surface area contributed by atoms with Crippen molar-refractivity contribution in [3.8, 4) is 0 Å². The van der Waals surface area contributed by atoms with Crippen LogP contribution in [0.5, 0.6) is 0 Å². The lowest BCUT2D eigenvalue weighted by Gasteiger charge is -2.29.